The Bertz CT molecular complexity index is 790. The van der Waals surface area contributed by atoms with Crippen LogP contribution < -0.4 is 0 Å². The van der Waals surface area contributed by atoms with Gasteiger partial charge >= 0.3 is 12.1 Å². The molecule has 1 fully saturated rings. The summed E-state index contributed by atoms with van der Waals surface area (Å²) in [7, 11) is 0. The summed E-state index contributed by atoms with van der Waals surface area (Å²) in [6.07, 6.45) is -0.628. The molecule has 1 aliphatic rings. The lowest BCUT2D eigenvalue weighted by Crippen LogP contribution is -2.15. The summed E-state index contributed by atoms with van der Waals surface area (Å²) < 4.78 is 41.4. The van der Waals surface area contributed by atoms with Gasteiger partial charge in [-0.15, -0.1) is 0 Å². The summed E-state index contributed by atoms with van der Waals surface area (Å²) in [5, 5.41) is 9.34. The third-order valence-electron chi connectivity index (χ3n) is 4.82. The minimum atomic E-state index is -4.45. The Morgan fingerprint density at radius 3 is 2.52 bits per heavy atom. The summed E-state index contributed by atoms with van der Waals surface area (Å²) in [5.74, 6) is -0.464. The van der Waals surface area contributed by atoms with Crippen LogP contribution in [0.25, 0.3) is 0 Å². The van der Waals surface area contributed by atoms with Crippen molar-refractivity contribution in [1.82, 2.24) is 9.55 Å². The van der Waals surface area contributed by atoms with Gasteiger partial charge < -0.3 is 9.67 Å². The topological polar surface area (TPSA) is 55.1 Å². The van der Waals surface area contributed by atoms with Crippen LogP contribution in [0.3, 0.4) is 0 Å². The fourth-order valence-electron chi connectivity index (χ4n) is 3.56. The molecule has 1 aliphatic carbocycles. The van der Waals surface area contributed by atoms with Crippen LogP contribution in [0.4, 0.5) is 13.2 Å². The maximum atomic E-state index is 13.3. The van der Waals surface area contributed by atoms with Crippen LogP contribution in [0.1, 0.15) is 64.7 Å². The van der Waals surface area contributed by atoms with E-state index in [1.807, 2.05) is 0 Å². The van der Waals surface area contributed by atoms with Gasteiger partial charge in [0.25, 0.3) is 0 Å². The first-order valence-electron chi connectivity index (χ1n) is 8.24. The molecule has 0 unspecified atom stereocenters. The predicted octanol–water partition coefficient (Wildman–Crippen LogP) is 4.61. The molecule has 0 saturated heterocycles. The molecule has 0 amide bonds. The second kappa shape index (κ2) is 6.54. The Morgan fingerprint density at radius 1 is 1.28 bits per heavy atom. The highest BCUT2D eigenvalue weighted by Crippen LogP contribution is 2.36. The number of aromatic nitrogens is 2. The Labute approximate surface area is 143 Å². The molecule has 0 atom stereocenters. The van der Waals surface area contributed by atoms with Gasteiger partial charge in [-0.05, 0) is 31.4 Å². The fourth-order valence-corrected chi connectivity index (χ4v) is 3.56. The van der Waals surface area contributed by atoms with Crippen LogP contribution in [-0.4, -0.2) is 20.6 Å². The largest absolute Gasteiger partial charge is 0.476 e. The zero-order chi connectivity index (χ0) is 18.2. The minimum absolute atomic E-state index is 0.0341. The number of halogens is 3. The summed E-state index contributed by atoms with van der Waals surface area (Å²) in [5.41, 5.74) is -0.262. The molecule has 1 aromatic carbocycles. The zero-order valence-electron chi connectivity index (χ0n) is 13.8. The first-order chi connectivity index (χ1) is 11.8. The smallest absolute Gasteiger partial charge is 0.416 e. The van der Waals surface area contributed by atoms with E-state index < -0.39 is 17.7 Å². The van der Waals surface area contributed by atoms with Gasteiger partial charge in [0, 0.05) is 18.2 Å². The Kier molecular flexibility index (Phi) is 4.58. The molecule has 7 heteroatoms. The number of hydrogen-bond acceptors (Lipinski definition) is 2. The Morgan fingerprint density at radius 2 is 1.92 bits per heavy atom. The van der Waals surface area contributed by atoms with Crippen molar-refractivity contribution in [3.63, 3.8) is 0 Å². The van der Waals surface area contributed by atoms with E-state index in [1.165, 1.54) is 12.1 Å². The highest BCUT2D eigenvalue weighted by molar-refractivity contribution is 5.86. The number of nitrogens with zero attached hydrogens (tertiary/aromatic N) is 2. The molecule has 25 heavy (non-hydrogen) atoms. The molecule has 1 N–H and O–H groups in total. The highest BCUT2D eigenvalue weighted by atomic mass is 19.4. The van der Waals surface area contributed by atoms with Crippen molar-refractivity contribution in [3.8, 4) is 0 Å². The van der Waals surface area contributed by atoms with Crippen molar-refractivity contribution in [1.29, 1.82) is 0 Å². The van der Waals surface area contributed by atoms with E-state index in [2.05, 4.69) is 4.98 Å². The van der Waals surface area contributed by atoms with Crippen LogP contribution in [0.15, 0.2) is 24.3 Å². The van der Waals surface area contributed by atoms with Crippen molar-refractivity contribution < 1.29 is 23.1 Å². The highest BCUT2D eigenvalue weighted by Gasteiger charge is 2.34. The monoisotopic (exact) mass is 352 g/mol. The summed E-state index contributed by atoms with van der Waals surface area (Å²) in [4.78, 5) is 15.7. The number of imidazole rings is 1. The molecule has 1 saturated carbocycles. The van der Waals surface area contributed by atoms with Gasteiger partial charge in [0.2, 0.25) is 0 Å². The van der Waals surface area contributed by atoms with Gasteiger partial charge in [0.05, 0.1) is 5.56 Å². The van der Waals surface area contributed by atoms with Crippen LogP contribution >= 0.6 is 0 Å². The standard InChI is InChI=1S/C18H19F3N2O2/c1-11-15(17(24)25)22-16(12-6-2-3-7-12)23(11)10-13-8-4-5-9-14(13)18(19,20)21/h4-5,8-9,12H,2-3,6-7,10H2,1H3,(H,24,25). The quantitative estimate of drug-likeness (QED) is 0.874. The normalized spacial score (nSPS) is 15.7. The lowest BCUT2D eigenvalue weighted by atomic mass is 10.1. The van der Waals surface area contributed by atoms with E-state index in [-0.39, 0.29) is 23.7 Å². The van der Waals surface area contributed by atoms with Crippen LogP contribution in [-0.2, 0) is 12.7 Å². The third kappa shape index (κ3) is 3.41. The first-order valence-corrected chi connectivity index (χ1v) is 8.24. The first kappa shape index (κ1) is 17.5. The predicted molar refractivity (Wildman–Crippen MR) is 85.7 cm³/mol. The Hall–Kier alpha value is -2.31. The molecule has 3 rings (SSSR count). The number of hydrogen-bond donors (Lipinski definition) is 1. The van der Waals surface area contributed by atoms with Gasteiger partial charge in [-0.1, -0.05) is 31.0 Å². The number of carbonyl (C=O) groups is 1. The Balaban J connectivity index is 2.07. The van der Waals surface area contributed by atoms with Gasteiger partial charge in [-0.25, -0.2) is 9.78 Å². The van der Waals surface area contributed by atoms with E-state index in [0.717, 1.165) is 31.7 Å². The number of rotatable bonds is 4. The van der Waals surface area contributed by atoms with E-state index in [4.69, 9.17) is 0 Å². The van der Waals surface area contributed by atoms with E-state index in [1.54, 1.807) is 17.6 Å². The second-order valence-electron chi connectivity index (χ2n) is 6.43. The lowest BCUT2D eigenvalue weighted by Gasteiger charge is -2.17. The van der Waals surface area contributed by atoms with Gasteiger partial charge in [-0.3, -0.25) is 0 Å². The summed E-state index contributed by atoms with van der Waals surface area (Å²) in [6, 6.07) is 5.40. The molecular formula is C18H19F3N2O2. The molecule has 4 nitrogen and oxygen atoms in total. The fraction of sp³-hybridized carbons (Fsp3) is 0.444. The molecule has 0 radical (unpaired) electrons. The second-order valence-corrected chi connectivity index (χ2v) is 6.43. The molecule has 0 aliphatic heterocycles. The lowest BCUT2D eigenvalue weighted by molar-refractivity contribution is -0.138. The molecule has 1 aromatic heterocycles. The molecule has 1 heterocycles. The van der Waals surface area contributed by atoms with Crippen LogP contribution in [0, 0.1) is 6.92 Å². The third-order valence-corrected chi connectivity index (χ3v) is 4.82. The maximum absolute atomic E-state index is 13.3. The summed E-state index contributed by atoms with van der Waals surface area (Å²) >= 11 is 0. The van der Waals surface area contributed by atoms with E-state index in [0.29, 0.717) is 11.5 Å². The number of alkyl halides is 3. The van der Waals surface area contributed by atoms with Crippen molar-refractivity contribution in [2.45, 2.75) is 51.2 Å². The number of aromatic carboxylic acids is 1. The van der Waals surface area contributed by atoms with E-state index >= 15 is 0 Å². The van der Waals surface area contributed by atoms with Gasteiger partial charge in [0.15, 0.2) is 5.69 Å². The van der Waals surface area contributed by atoms with Crippen LogP contribution in [0.2, 0.25) is 0 Å². The molecule has 134 valence electrons. The van der Waals surface area contributed by atoms with Crippen molar-refractivity contribution in [2.24, 2.45) is 0 Å². The number of carboxylic acid groups (broad SMARTS) is 1. The molecule has 2 aromatic rings. The van der Waals surface area contributed by atoms with Crippen LogP contribution in [0.5, 0.6) is 0 Å². The number of benzene rings is 1. The average molecular weight is 352 g/mol. The number of carboxylic acids is 1. The van der Waals surface area contributed by atoms with Gasteiger partial charge in [-0.2, -0.15) is 13.2 Å². The molecule has 0 bridgehead atoms. The van der Waals surface area contributed by atoms with E-state index in [9.17, 15) is 23.1 Å². The summed E-state index contributed by atoms with van der Waals surface area (Å²) in [6.45, 7) is 1.57. The zero-order valence-corrected chi connectivity index (χ0v) is 13.8. The van der Waals surface area contributed by atoms with Crippen molar-refractivity contribution in [2.75, 3.05) is 0 Å². The molecule has 0 spiro atoms. The average Bonchev–Trinajstić information content (AvgIpc) is 3.16. The van der Waals surface area contributed by atoms with Gasteiger partial charge in [0.1, 0.15) is 5.82 Å². The SMILES string of the molecule is Cc1c(C(=O)O)nc(C2CCCC2)n1Cc1ccccc1C(F)(F)F. The molecular weight excluding hydrogens is 333 g/mol. The minimum Gasteiger partial charge on any atom is -0.476 e. The van der Waals surface area contributed by atoms with Crippen molar-refractivity contribution in [3.05, 3.63) is 52.6 Å². The van der Waals surface area contributed by atoms with Crippen molar-refractivity contribution >= 4 is 5.97 Å². The maximum Gasteiger partial charge on any atom is 0.416 e.